The molecular weight excluding hydrogens is 378 g/mol. The number of ether oxygens (including phenoxy) is 1. The minimum Gasteiger partial charge on any atom is -0.434 e. The van der Waals surface area contributed by atoms with Gasteiger partial charge in [-0.2, -0.15) is 8.78 Å². The molecule has 0 spiro atoms. The first-order valence-corrected chi connectivity index (χ1v) is 8.72. The van der Waals surface area contributed by atoms with Crippen LogP contribution in [0.3, 0.4) is 0 Å². The van der Waals surface area contributed by atoms with E-state index in [4.69, 9.17) is 16.3 Å². The topological polar surface area (TPSA) is 60.3 Å². The smallest absolute Gasteiger partial charge is 0.387 e. The summed E-state index contributed by atoms with van der Waals surface area (Å²) in [6.07, 6.45) is 0.505. The number of halogens is 3. The van der Waals surface area contributed by atoms with Crippen LogP contribution in [0.15, 0.2) is 30.3 Å². The van der Waals surface area contributed by atoms with E-state index in [0.717, 1.165) is 0 Å². The van der Waals surface area contributed by atoms with Crippen LogP contribution < -0.4 is 4.74 Å². The van der Waals surface area contributed by atoms with Crippen LogP contribution in [-0.2, 0) is 0 Å². The molecule has 2 aromatic heterocycles. The molecule has 3 aromatic rings. The highest BCUT2D eigenvalue weighted by molar-refractivity contribution is 6.29. The second-order valence-electron chi connectivity index (χ2n) is 6.60. The number of nitrogens with zero attached hydrogens (tertiary/aromatic N) is 4. The predicted octanol–water partition coefficient (Wildman–Crippen LogP) is 3.81. The summed E-state index contributed by atoms with van der Waals surface area (Å²) in [5.74, 6) is 0.409. The van der Waals surface area contributed by atoms with Crippen LogP contribution >= 0.6 is 11.6 Å². The third kappa shape index (κ3) is 2.26. The van der Waals surface area contributed by atoms with Crippen molar-refractivity contribution in [3.63, 3.8) is 0 Å². The minimum absolute atomic E-state index is 0.00775. The van der Waals surface area contributed by atoms with Crippen molar-refractivity contribution in [3.05, 3.63) is 52.4 Å². The van der Waals surface area contributed by atoms with Gasteiger partial charge in [0.15, 0.2) is 5.65 Å². The van der Waals surface area contributed by atoms with Crippen molar-refractivity contribution in [1.82, 2.24) is 19.4 Å². The molecule has 0 fully saturated rings. The Kier molecular flexibility index (Phi) is 3.42. The Morgan fingerprint density at radius 1 is 1.22 bits per heavy atom. The lowest BCUT2D eigenvalue weighted by molar-refractivity contribution is -0.0507. The summed E-state index contributed by atoms with van der Waals surface area (Å²) < 4.78 is 32.6. The number of carbonyl (C=O) groups excluding carboxylic acids is 1. The van der Waals surface area contributed by atoms with E-state index < -0.39 is 12.7 Å². The van der Waals surface area contributed by atoms with Gasteiger partial charge in [-0.1, -0.05) is 17.7 Å². The fourth-order valence-corrected chi connectivity index (χ4v) is 4.26. The van der Waals surface area contributed by atoms with Gasteiger partial charge in [-0.25, -0.2) is 9.97 Å². The van der Waals surface area contributed by atoms with E-state index in [1.807, 2.05) is 4.57 Å². The molecule has 6 nitrogen and oxygen atoms in total. The van der Waals surface area contributed by atoms with Crippen LogP contribution in [0.4, 0.5) is 8.78 Å². The van der Waals surface area contributed by atoms with Crippen LogP contribution in [0.2, 0.25) is 5.15 Å². The zero-order valence-corrected chi connectivity index (χ0v) is 14.8. The molecule has 27 heavy (non-hydrogen) atoms. The number of hydrogen-bond acceptors (Lipinski definition) is 4. The molecule has 0 N–H and O–H groups in total. The molecule has 1 aromatic carbocycles. The third-order valence-electron chi connectivity index (χ3n) is 5.22. The average molecular weight is 391 g/mol. The summed E-state index contributed by atoms with van der Waals surface area (Å²) in [5, 5.41) is 0.311. The Hall–Kier alpha value is -2.74. The van der Waals surface area contributed by atoms with Gasteiger partial charge in [0.25, 0.3) is 5.91 Å². The first-order chi connectivity index (χ1) is 13.0. The molecule has 4 heterocycles. The van der Waals surface area contributed by atoms with Crippen LogP contribution in [0.25, 0.3) is 11.2 Å². The van der Waals surface area contributed by atoms with E-state index in [2.05, 4.69) is 9.97 Å². The first-order valence-electron chi connectivity index (χ1n) is 8.35. The van der Waals surface area contributed by atoms with Crippen LogP contribution in [0.5, 0.6) is 5.75 Å². The molecule has 0 radical (unpaired) electrons. The van der Waals surface area contributed by atoms with Crippen molar-refractivity contribution < 1.29 is 18.3 Å². The van der Waals surface area contributed by atoms with E-state index in [0.29, 0.717) is 39.7 Å². The number of benzene rings is 1. The lowest BCUT2D eigenvalue weighted by Crippen LogP contribution is -2.30. The Morgan fingerprint density at radius 3 is 2.81 bits per heavy atom. The van der Waals surface area contributed by atoms with E-state index in [-0.39, 0.29) is 17.7 Å². The molecule has 2 aliphatic heterocycles. The van der Waals surface area contributed by atoms with E-state index >= 15 is 0 Å². The highest BCUT2D eigenvalue weighted by Gasteiger charge is 2.45. The zero-order valence-electron chi connectivity index (χ0n) is 14.1. The molecule has 0 aliphatic carbocycles. The van der Waals surface area contributed by atoms with E-state index in [1.54, 1.807) is 36.2 Å². The lowest BCUT2D eigenvalue weighted by Gasteiger charge is -2.24. The van der Waals surface area contributed by atoms with Gasteiger partial charge in [-0.15, -0.1) is 0 Å². The maximum absolute atomic E-state index is 13.0. The summed E-state index contributed by atoms with van der Waals surface area (Å²) in [7, 11) is 1.69. The largest absolute Gasteiger partial charge is 0.434 e. The number of alkyl halides is 2. The van der Waals surface area contributed by atoms with Gasteiger partial charge in [0, 0.05) is 24.6 Å². The van der Waals surface area contributed by atoms with E-state index in [9.17, 15) is 13.6 Å². The van der Waals surface area contributed by atoms with Gasteiger partial charge >= 0.3 is 6.61 Å². The molecule has 2 aliphatic rings. The maximum Gasteiger partial charge on any atom is 0.387 e. The minimum atomic E-state index is -2.99. The fourth-order valence-electron chi connectivity index (χ4n) is 4.12. The monoisotopic (exact) mass is 390 g/mol. The summed E-state index contributed by atoms with van der Waals surface area (Å²) in [6.45, 7) is -2.99. The number of pyridine rings is 1. The van der Waals surface area contributed by atoms with Gasteiger partial charge in [-0.05, 0) is 24.3 Å². The number of amides is 1. The zero-order chi connectivity index (χ0) is 18.9. The first kappa shape index (κ1) is 16.4. The molecule has 2 bridgehead atoms. The number of carbonyl (C=O) groups is 1. The summed E-state index contributed by atoms with van der Waals surface area (Å²) in [5.41, 5.74) is 1.97. The fraction of sp³-hybridized carbons (Fsp3) is 0.278. The summed E-state index contributed by atoms with van der Waals surface area (Å²) in [4.78, 5) is 23.6. The molecule has 1 amide bonds. The number of fused-ring (bicyclic) bond motifs is 9. The van der Waals surface area contributed by atoms with Crippen molar-refractivity contribution >= 4 is 28.7 Å². The molecule has 0 saturated carbocycles. The van der Waals surface area contributed by atoms with Crippen molar-refractivity contribution in [2.45, 2.75) is 25.1 Å². The molecular formula is C18H13ClF2N4O2. The van der Waals surface area contributed by atoms with Crippen molar-refractivity contribution in [3.8, 4) is 5.75 Å². The summed E-state index contributed by atoms with van der Waals surface area (Å²) in [6, 6.07) is 7.34. The van der Waals surface area contributed by atoms with Crippen LogP contribution in [0, 0.1) is 0 Å². The lowest BCUT2D eigenvalue weighted by atomic mass is 9.98. The molecule has 5 rings (SSSR count). The SMILES string of the molecule is CN1C(=O)c2cccc(OC(F)F)c2[C@H]2C[C@@H]1c1nc3ccc(Cl)nc3n12. The van der Waals surface area contributed by atoms with Gasteiger partial charge in [0.2, 0.25) is 0 Å². The second-order valence-corrected chi connectivity index (χ2v) is 6.98. The van der Waals surface area contributed by atoms with Gasteiger partial charge in [0.1, 0.15) is 22.2 Å². The standard InChI is InChI=1S/C18H13ClF2N4O2/c1-24-11-7-10(25-15-9(22-16(11)25)5-6-13(19)23-15)14-8(17(24)26)3-2-4-12(14)27-18(20)21/h2-6,10-11,18H,7H2,1H3/t10-,11-/m1/s1. The Morgan fingerprint density at radius 2 is 2.04 bits per heavy atom. The highest BCUT2D eigenvalue weighted by Crippen LogP contribution is 2.49. The van der Waals surface area contributed by atoms with Crippen molar-refractivity contribution in [1.29, 1.82) is 0 Å². The maximum atomic E-state index is 13.0. The van der Waals surface area contributed by atoms with Crippen molar-refractivity contribution in [2.24, 2.45) is 0 Å². The van der Waals surface area contributed by atoms with Crippen LogP contribution in [-0.4, -0.2) is 39.0 Å². The number of imidazole rings is 1. The number of rotatable bonds is 2. The average Bonchev–Trinajstić information content (AvgIpc) is 3.14. The number of hydrogen-bond donors (Lipinski definition) is 0. The van der Waals surface area contributed by atoms with Gasteiger partial charge in [0.05, 0.1) is 12.1 Å². The second kappa shape index (κ2) is 5.63. The third-order valence-corrected chi connectivity index (χ3v) is 5.43. The molecule has 0 saturated heterocycles. The Bertz CT molecular complexity index is 1100. The predicted molar refractivity (Wildman–Crippen MR) is 93.2 cm³/mol. The molecule has 2 atom stereocenters. The Labute approximate surface area is 157 Å². The normalized spacial score (nSPS) is 20.8. The summed E-state index contributed by atoms with van der Waals surface area (Å²) >= 11 is 6.06. The Balaban J connectivity index is 1.82. The molecule has 9 heteroatoms. The van der Waals surface area contributed by atoms with Gasteiger partial charge in [-0.3, -0.25) is 4.79 Å². The molecule has 0 unspecified atom stereocenters. The highest BCUT2D eigenvalue weighted by atomic mass is 35.5. The number of aromatic nitrogens is 3. The van der Waals surface area contributed by atoms with Crippen LogP contribution in [0.1, 0.15) is 40.3 Å². The van der Waals surface area contributed by atoms with Crippen molar-refractivity contribution in [2.75, 3.05) is 7.05 Å². The van der Waals surface area contributed by atoms with Gasteiger partial charge < -0.3 is 14.2 Å². The molecule has 138 valence electrons. The van der Waals surface area contributed by atoms with E-state index in [1.165, 1.54) is 6.07 Å². The quantitative estimate of drug-likeness (QED) is 0.624.